The minimum atomic E-state index is -0.0837. The summed E-state index contributed by atoms with van der Waals surface area (Å²) >= 11 is 12.8. The van der Waals surface area contributed by atoms with Gasteiger partial charge in [0.25, 0.3) is 0 Å². The summed E-state index contributed by atoms with van der Waals surface area (Å²) in [5, 5.41) is 7.12. The molecule has 144 valence electrons. The molecule has 0 aromatic carbocycles. The van der Waals surface area contributed by atoms with E-state index >= 15 is 0 Å². The SMILES string of the molecule is COC1CC2CCNC(C3C/C=C\CC(Cl)N[C@@H](Cl)C3)C2CC1OC. The predicted molar refractivity (Wildman–Crippen MR) is 103 cm³/mol. The second kappa shape index (κ2) is 9.38. The molecule has 1 saturated carbocycles. The highest BCUT2D eigenvalue weighted by molar-refractivity contribution is 6.23. The van der Waals surface area contributed by atoms with Crippen LogP contribution in [0.3, 0.4) is 0 Å². The highest BCUT2D eigenvalue weighted by Crippen LogP contribution is 2.42. The summed E-state index contributed by atoms with van der Waals surface area (Å²) in [6, 6.07) is 0.480. The minimum absolute atomic E-state index is 0.0805. The van der Waals surface area contributed by atoms with Crippen LogP contribution in [0, 0.1) is 17.8 Å². The normalized spacial score (nSPS) is 47.2. The molecule has 2 heterocycles. The fourth-order valence-corrected chi connectivity index (χ4v) is 5.78. The molecule has 3 aliphatic rings. The number of hydrogen-bond donors (Lipinski definition) is 2. The molecular weight excluding hydrogens is 359 g/mol. The van der Waals surface area contributed by atoms with Crippen molar-refractivity contribution in [2.45, 2.75) is 67.8 Å². The van der Waals surface area contributed by atoms with Crippen molar-refractivity contribution in [3.63, 3.8) is 0 Å². The summed E-state index contributed by atoms with van der Waals surface area (Å²) in [7, 11) is 3.62. The number of piperidine rings is 1. The molecule has 0 spiro atoms. The topological polar surface area (TPSA) is 42.5 Å². The molecule has 0 aromatic heterocycles. The van der Waals surface area contributed by atoms with Gasteiger partial charge in [-0.3, -0.25) is 5.32 Å². The Kier molecular flexibility index (Phi) is 7.47. The van der Waals surface area contributed by atoms with E-state index in [4.69, 9.17) is 32.7 Å². The van der Waals surface area contributed by atoms with E-state index in [-0.39, 0.29) is 23.2 Å². The van der Waals surface area contributed by atoms with Gasteiger partial charge in [0.2, 0.25) is 0 Å². The highest BCUT2D eigenvalue weighted by atomic mass is 35.5. The summed E-state index contributed by atoms with van der Waals surface area (Å²) in [5.41, 5.74) is -0.164. The molecule has 2 aliphatic heterocycles. The molecule has 25 heavy (non-hydrogen) atoms. The number of halogens is 2. The summed E-state index contributed by atoms with van der Waals surface area (Å²) in [5.74, 6) is 1.85. The van der Waals surface area contributed by atoms with Crippen LogP contribution >= 0.6 is 23.2 Å². The molecule has 7 unspecified atom stereocenters. The summed E-state index contributed by atoms with van der Waals surface area (Å²) in [4.78, 5) is 0. The maximum Gasteiger partial charge on any atom is 0.0871 e. The lowest BCUT2D eigenvalue weighted by Gasteiger charge is -2.49. The van der Waals surface area contributed by atoms with Crippen LogP contribution < -0.4 is 10.6 Å². The lowest BCUT2D eigenvalue weighted by Crippen LogP contribution is -2.56. The number of ether oxygens (including phenoxy) is 2. The number of rotatable bonds is 3. The van der Waals surface area contributed by atoms with Crippen molar-refractivity contribution in [2.75, 3.05) is 20.8 Å². The van der Waals surface area contributed by atoms with Crippen LogP contribution in [0.1, 0.15) is 38.5 Å². The van der Waals surface area contributed by atoms with E-state index in [2.05, 4.69) is 22.8 Å². The Morgan fingerprint density at radius 3 is 2.36 bits per heavy atom. The van der Waals surface area contributed by atoms with Gasteiger partial charge >= 0.3 is 0 Å². The molecule has 4 nitrogen and oxygen atoms in total. The lowest BCUT2D eigenvalue weighted by molar-refractivity contribution is -0.102. The van der Waals surface area contributed by atoms with Crippen LogP contribution in [-0.4, -0.2) is 50.0 Å². The van der Waals surface area contributed by atoms with Crippen molar-refractivity contribution in [2.24, 2.45) is 17.8 Å². The molecule has 0 amide bonds. The van der Waals surface area contributed by atoms with Crippen LogP contribution in [0.25, 0.3) is 0 Å². The molecule has 3 rings (SSSR count). The first-order chi connectivity index (χ1) is 12.1. The third-order valence-corrected chi connectivity index (χ3v) is 6.96. The van der Waals surface area contributed by atoms with Gasteiger partial charge in [0, 0.05) is 20.3 Å². The van der Waals surface area contributed by atoms with Crippen LogP contribution in [0.15, 0.2) is 12.2 Å². The Morgan fingerprint density at radius 1 is 0.880 bits per heavy atom. The predicted octanol–water partition coefficient (Wildman–Crippen LogP) is 3.48. The van der Waals surface area contributed by atoms with E-state index in [1.165, 1.54) is 6.42 Å². The van der Waals surface area contributed by atoms with Crippen molar-refractivity contribution < 1.29 is 9.47 Å². The molecule has 2 N–H and O–H groups in total. The maximum atomic E-state index is 6.56. The Morgan fingerprint density at radius 2 is 1.60 bits per heavy atom. The molecule has 2 fully saturated rings. The van der Waals surface area contributed by atoms with Crippen LogP contribution in [0.2, 0.25) is 0 Å². The number of alkyl halides is 2. The average molecular weight is 391 g/mol. The smallest absolute Gasteiger partial charge is 0.0871 e. The molecule has 0 bridgehead atoms. The van der Waals surface area contributed by atoms with Crippen molar-refractivity contribution >= 4 is 23.2 Å². The van der Waals surface area contributed by atoms with Gasteiger partial charge in [-0.05, 0) is 62.8 Å². The van der Waals surface area contributed by atoms with Gasteiger partial charge in [-0.15, -0.1) is 23.2 Å². The number of methoxy groups -OCH3 is 2. The first-order valence-electron chi connectivity index (χ1n) is 9.60. The zero-order valence-electron chi connectivity index (χ0n) is 15.3. The quantitative estimate of drug-likeness (QED) is 0.439. The van der Waals surface area contributed by atoms with Crippen molar-refractivity contribution in [1.82, 2.24) is 10.6 Å². The van der Waals surface area contributed by atoms with E-state index in [1.807, 2.05) is 14.2 Å². The Hall–Kier alpha value is 0.160. The van der Waals surface area contributed by atoms with E-state index in [0.29, 0.717) is 23.8 Å². The monoisotopic (exact) mass is 390 g/mol. The zero-order valence-corrected chi connectivity index (χ0v) is 16.8. The maximum absolute atomic E-state index is 6.56. The molecule has 0 radical (unpaired) electrons. The van der Waals surface area contributed by atoms with E-state index in [9.17, 15) is 0 Å². The van der Waals surface area contributed by atoms with Gasteiger partial charge in [0.05, 0.1) is 23.2 Å². The van der Waals surface area contributed by atoms with Gasteiger partial charge in [0.1, 0.15) is 0 Å². The highest BCUT2D eigenvalue weighted by Gasteiger charge is 2.45. The van der Waals surface area contributed by atoms with Crippen molar-refractivity contribution in [3.05, 3.63) is 12.2 Å². The summed E-state index contributed by atoms with van der Waals surface area (Å²) < 4.78 is 11.5. The molecule has 1 saturated heterocycles. The second-order valence-electron chi connectivity index (χ2n) is 7.75. The standard InChI is InChI=1S/C19H32Cl2N2O2/c1-24-15-9-12-7-8-22-19(14(12)11-16(15)25-2)13-5-3-4-6-17(20)23-18(21)10-13/h3-4,12-19,22-23H,5-11H2,1-2H3/b4-3-/t12?,13?,14?,15?,16?,17?,18-,19?/m1/s1. The minimum Gasteiger partial charge on any atom is -0.379 e. The van der Waals surface area contributed by atoms with E-state index in [0.717, 1.165) is 38.6 Å². The first-order valence-corrected chi connectivity index (χ1v) is 10.5. The van der Waals surface area contributed by atoms with Crippen LogP contribution in [0.5, 0.6) is 0 Å². The number of hydrogen-bond acceptors (Lipinski definition) is 4. The van der Waals surface area contributed by atoms with Gasteiger partial charge in [-0.25, -0.2) is 0 Å². The fraction of sp³-hybridized carbons (Fsp3) is 0.895. The van der Waals surface area contributed by atoms with Gasteiger partial charge in [-0.2, -0.15) is 0 Å². The number of nitrogens with one attached hydrogen (secondary N) is 2. The molecule has 0 aromatic rings. The molecule has 1 aliphatic carbocycles. The fourth-order valence-electron chi connectivity index (χ4n) is 5.08. The van der Waals surface area contributed by atoms with Crippen molar-refractivity contribution in [3.8, 4) is 0 Å². The first kappa shape index (κ1) is 19.9. The Balaban J connectivity index is 1.73. The van der Waals surface area contributed by atoms with Crippen LogP contribution in [0.4, 0.5) is 0 Å². The molecular formula is C19H32Cl2N2O2. The zero-order chi connectivity index (χ0) is 17.8. The third-order valence-electron chi connectivity index (χ3n) is 6.35. The number of allylic oxidation sites excluding steroid dienone is 1. The Bertz CT molecular complexity index is 451. The molecule has 8 atom stereocenters. The third kappa shape index (κ3) is 4.91. The largest absolute Gasteiger partial charge is 0.379 e. The second-order valence-corrected chi connectivity index (χ2v) is 8.81. The van der Waals surface area contributed by atoms with E-state index in [1.54, 1.807) is 0 Å². The summed E-state index contributed by atoms with van der Waals surface area (Å²) in [6.07, 6.45) is 11.1. The van der Waals surface area contributed by atoms with E-state index < -0.39 is 0 Å². The van der Waals surface area contributed by atoms with Crippen molar-refractivity contribution in [1.29, 1.82) is 0 Å². The van der Waals surface area contributed by atoms with Crippen LogP contribution in [-0.2, 0) is 9.47 Å². The lowest BCUT2D eigenvalue weighted by atomic mass is 9.66. The average Bonchev–Trinajstić information content (AvgIpc) is 2.69. The Labute approximate surface area is 162 Å². The van der Waals surface area contributed by atoms with Gasteiger partial charge in [0.15, 0.2) is 0 Å². The summed E-state index contributed by atoms with van der Waals surface area (Å²) in [6.45, 7) is 1.08. The van der Waals surface area contributed by atoms with Gasteiger partial charge < -0.3 is 14.8 Å². The number of fused-ring (bicyclic) bond motifs is 1. The molecule has 6 heteroatoms. The van der Waals surface area contributed by atoms with Gasteiger partial charge in [-0.1, -0.05) is 12.2 Å².